The van der Waals surface area contributed by atoms with Crippen LogP contribution in [0.3, 0.4) is 0 Å². The van der Waals surface area contributed by atoms with Crippen molar-refractivity contribution in [3.05, 3.63) is 48.0 Å². The Morgan fingerprint density at radius 1 is 0.826 bits per heavy atom. The second kappa shape index (κ2) is 5.68. The molecule has 1 atom stereocenters. The molecule has 0 saturated heterocycles. The van der Waals surface area contributed by atoms with Gasteiger partial charge in [0.15, 0.2) is 0 Å². The minimum Gasteiger partial charge on any atom is -0.399 e. The van der Waals surface area contributed by atoms with Crippen LogP contribution >= 0.6 is 0 Å². The summed E-state index contributed by atoms with van der Waals surface area (Å²) in [4.78, 5) is 0. The van der Waals surface area contributed by atoms with Gasteiger partial charge in [-0.15, -0.1) is 0 Å². The first-order chi connectivity index (χ1) is 10.6. The Balaban J connectivity index is 2.78. The molecule has 0 aliphatic carbocycles. The van der Waals surface area contributed by atoms with Crippen molar-refractivity contribution in [1.29, 1.82) is 0 Å². The van der Waals surface area contributed by atoms with Crippen LogP contribution < -0.4 is 11.5 Å². The van der Waals surface area contributed by atoms with Crippen molar-refractivity contribution in [1.82, 2.24) is 0 Å². The van der Waals surface area contributed by atoms with Crippen LogP contribution in [-0.2, 0) is 5.67 Å². The molecule has 2 aromatic carbocycles. The van der Waals surface area contributed by atoms with Crippen LogP contribution in [0.5, 0.6) is 0 Å². The molecule has 4 N–H and O–H groups in total. The molecule has 0 radical (unpaired) electrons. The first-order valence-corrected chi connectivity index (χ1v) is 6.37. The maximum atomic E-state index is 14.4. The van der Waals surface area contributed by atoms with E-state index in [4.69, 9.17) is 11.5 Å². The van der Waals surface area contributed by atoms with Crippen molar-refractivity contribution in [2.45, 2.75) is 18.3 Å². The summed E-state index contributed by atoms with van der Waals surface area (Å²) in [5, 5.41) is 0. The average Bonchev–Trinajstić information content (AvgIpc) is 2.46. The topological polar surface area (TPSA) is 52.0 Å². The van der Waals surface area contributed by atoms with Gasteiger partial charge < -0.3 is 11.5 Å². The monoisotopic (exact) mass is 334 g/mol. The Bertz CT molecular complexity index is 696. The van der Waals surface area contributed by atoms with E-state index in [-0.39, 0.29) is 11.3 Å². The second-order valence-electron chi connectivity index (χ2n) is 4.90. The number of nitrogens with two attached hydrogens (primary N) is 2. The average molecular weight is 334 g/mol. The SMILES string of the molecule is Nc1ccc(-c2c(N)cccc2C(F)(C(F)F)C(F)(F)F)cc1. The molecular formula is C15H12F6N2. The molecule has 0 aliphatic rings. The van der Waals surface area contributed by atoms with E-state index < -0.39 is 29.4 Å². The van der Waals surface area contributed by atoms with Crippen LogP contribution in [0.15, 0.2) is 42.5 Å². The van der Waals surface area contributed by atoms with Gasteiger partial charge in [-0.05, 0) is 23.8 Å². The Morgan fingerprint density at radius 2 is 1.39 bits per heavy atom. The molecule has 0 saturated carbocycles. The van der Waals surface area contributed by atoms with Gasteiger partial charge in [0.25, 0.3) is 12.1 Å². The number of benzene rings is 2. The van der Waals surface area contributed by atoms with E-state index in [9.17, 15) is 26.3 Å². The molecule has 2 nitrogen and oxygen atoms in total. The van der Waals surface area contributed by atoms with Gasteiger partial charge in [-0.25, -0.2) is 13.2 Å². The third-order valence-corrected chi connectivity index (χ3v) is 3.40. The highest BCUT2D eigenvalue weighted by Crippen LogP contribution is 2.50. The molecule has 2 rings (SSSR count). The number of hydrogen-bond donors (Lipinski definition) is 2. The molecule has 124 valence electrons. The predicted octanol–water partition coefficient (Wildman–Crippen LogP) is 4.51. The zero-order valence-corrected chi connectivity index (χ0v) is 11.5. The van der Waals surface area contributed by atoms with Crippen molar-refractivity contribution < 1.29 is 26.3 Å². The molecule has 0 aliphatic heterocycles. The summed E-state index contributed by atoms with van der Waals surface area (Å²) in [5.74, 6) is 0. The smallest absolute Gasteiger partial charge is 0.399 e. The van der Waals surface area contributed by atoms with Crippen molar-refractivity contribution in [3.63, 3.8) is 0 Å². The molecular weight excluding hydrogens is 322 g/mol. The molecule has 23 heavy (non-hydrogen) atoms. The first kappa shape index (κ1) is 17.0. The molecule has 8 heteroatoms. The van der Waals surface area contributed by atoms with Gasteiger partial charge in [-0.1, -0.05) is 24.3 Å². The van der Waals surface area contributed by atoms with Gasteiger partial charge in [-0.2, -0.15) is 13.2 Å². The number of alkyl halides is 6. The van der Waals surface area contributed by atoms with E-state index in [1.54, 1.807) is 0 Å². The van der Waals surface area contributed by atoms with Crippen LogP contribution in [-0.4, -0.2) is 12.6 Å². The van der Waals surface area contributed by atoms with Gasteiger partial charge in [0.1, 0.15) is 0 Å². The summed E-state index contributed by atoms with van der Waals surface area (Å²) in [7, 11) is 0. The number of anilines is 2. The Hall–Kier alpha value is -2.38. The standard InChI is InChI=1S/C15H12F6N2/c16-13(17)14(18,15(19,20)21)10-2-1-3-11(23)12(10)8-4-6-9(22)7-5-8/h1-7,13H,22-23H2. The highest BCUT2D eigenvalue weighted by molar-refractivity contribution is 5.81. The summed E-state index contributed by atoms with van der Waals surface area (Å²) in [6.07, 6.45) is -10.1. The van der Waals surface area contributed by atoms with Gasteiger partial charge >= 0.3 is 6.18 Å². The van der Waals surface area contributed by atoms with Gasteiger partial charge in [0, 0.05) is 22.5 Å². The molecule has 0 heterocycles. The Morgan fingerprint density at radius 3 is 1.87 bits per heavy atom. The van der Waals surface area contributed by atoms with Crippen LogP contribution in [0.1, 0.15) is 5.56 Å². The van der Waals surface area contributed by atoms with Crippen molar-refractivity contribution >= 4 is 11.4 Å². The largest absolute Gasteiger partial charge is 0.432 e. The van der Waals surface area contributed by atoms with Gasteiger partial charge in [-0.3, -0.25) is 0 Å². The number of rotatable bonds is 3. The lowest BCUT2D eigenvalue weighted by Gasteiger charge is -2.30. The summed E-state index contributed by atoms with van der Waals surface area (Å²) >= 11 is 0. The summed E-state index contributed by atoms with van der Waals surface area (Å²) in [5.41, 5.74) is 4.71. The fourth-order valence-electron chi connectivity index (χ4n) is 2.24. The molecule has 2 aromatic rings. The summed E-state index contributed by atoms with van der Waals surface area (Å²) in [6.45, 7) is 0. The van der Waals surface area contributed by atoms with Gasteiger partial charge in [0.05, 0.1) is 0 Å². The zero-order chi connectivity index (χ0) is 17.4. The van der Waals surface area contributed by atoms with E-state index in [0.29, 0.717) is 11.8 Å². The van der Waals surface area contributed by atoms with E-state index in [2.05, 4.69) is 0 Å². The fourth-order valence-corrected chi connectivity index (χ4v) is 2.24. The predicted molar refractivity (Wildman–Crippen MR) is 75.5 cm³/mol. The molecule has 0 bridgehead atoms. The van der Waals surface area contributed by atoms with Crippen LogP contribution in [0.25, 0.3) is 11.1 Å². The van der Waals surface area contributed by atoms with Crippen LogP contribution in [0.2, 0.25) is 0 Å². The maximum absolute atomic E-state index is 14.4. The lowest BCUT2D eigenvalue weighted by molar-refractivity contribution is -0.274. The lowest BCUT2D eigenvalue weighted by atomic mass is 9.86. The number of halogens is 6. The molecule has 0 amide bonds. The number of hydrogen-bond acceptors (Lipinski definition) is 2. The second-order valence-corrected chi connectivity index (χ2v) is 4.90. The van der Waals surface area contributed by atoms with Crippen molar-refractivity contribution in [2.24, 2.45) is 0 Å². The molecule has 0 spiro atoms. The molecule has 1 unspecified atom stereocenters. The normalized spacial score (nSPS) is 14.7. The van der Waals surface area contributed by atoms with Crippen molar-refractivity contribution in [2.75, 3.05) is 11.5 Å². The third-order valence-electron chi connectivity index (χ3n) is 3.40. The minimum atomic E-state index is -5.81. The lowest BCUT2D eigenvalue weighted by Crippen LogP contribution is -2.45. The Labute approximate surface area is 127 Å². The highest BCUT2D eigenvalue weighted by Gasteiger charge is 2.64. The quantitative estimate of drug-likeness (QED) is 0.641. The highest BCUT2D eigenvalue weighted by atomic mass is 19.4. The van der Waals surface area contributed by atoms with Crippen molar-refractivity contribution in [3.8, 4) is 11.1 Å². The summed E-state index contributed by atoms with van der Waals surface area (Å²) < 4.78 is 79.5. The van der Waals surface area contributed by atoms with Crippen LogP contribution in [0.4, 0.5) is 37.7 Å². The van der Waals surface area contributed by atoms with Gasteiger partial charge in [0.2, 0.25) is 0 Å². The van der Waals surface area contributed by atoms with E-state index >= 15 is 0 Å². The fraction of sp³-hybridized carbons (Fsp3) is 0.200. The third kappa shape index (κ3) is 2.80. The first-order valence-electron chi connectivity index (χ1n) is 6.37. The zero-order valence-electron chi connectivity index (χ0n) is 11.5. The van der Waals surface area contributed by atoms with E-state index in [1.165, 1.54) is 30.3 Å². The van der Waals surface area contributed by atoms with Crippen LogP contribution in [0, 0.1) is 0 Å². The summed E-state index contributed by atoms with van der Waals surface area (Å²) in [6, 6.07) is 8.12. The molecule has 0 aromatic heterocycles. The maximum Gasteiger partial charge on any atom is 0.432 e. The van der Waals surface area contributed by atoms with E-state index in [0.717, 1.165) is 6.07 Å². The number of nitrogen functional groups attached to an aromatic ring is 2. The van der Waals surface area contributed by atoms with E-state index in [1.807, 2.05) is 0 Å². The Kier molecular flexibility index (Phi) is 4.19. The minimum absolute atomic E-state index is 0.0548. The molecule has 0 fully saturated rings.